The van der Waals surface area contributed by atoms with Crippen LogP contribution in [-0.2, 0) is 0 Å². The summed E-state index contributed by atoms with van der Waals surface area (Å²) in [5.41, 5.74) is 0.542. The van der Waals surface area contributed by atoms with Crippen LogP contribution in [0.3, 0.4) is 0 Å². The summed E-state index contributed by atoms with van der Waals surface area (Å²) < 4.78 is 12.8. The van der Waals surface area contributed by atoms with Crippen LogP contribution in [0.1, 0.15) is 42.5 Å². The molecule has 1 saturated carbocycles. The standard InChI is InChI=1S/C15H17FN2O/c16-11-7-5-10(6-8-11)14(19)9-15-17-12-3-1-2-4-13(12)18-15/h5-8,12-13H,1-4,9H2,(H,17,18)/t12-,13-/m0/s1. The van der Waals surface area contributed by atoms with Crippen molar-refractivity contribution in [3.63, 3.8) is 0 Å². The topological polar surface area (TPSA) is 41.5 Å². The molecule has 0 saturated heterocycles. The first-order valence-electron chi connectivity index (χ1n) is 6.84. The van der Waals surface area contributed by atoms with E-state index in [9.17, 15) is 9.18 Å². The van der Waals surface area contributed by atoms with Crippen LogP contribution < -0.4 is 5.32 Å². The zero-order valence-electron chi connectivity index (χ0n) is 10.7. The summed E-state index contributed by atoms with van der Waals surface area (Å²) in [5.74, 6) is 0.468. The van der Waals surface area contributed by atoms with E-state index < -0.39 is 0 Å². The second-order valence-electron chi connectivity index (χ2n) is 5.29. The first-order chi connectivity index (χ1) is 9.22. The van der Waals surface area contributed by atoms with E-state index in [0.29, 0.717) is 24.1 Å². The Morgan fingerprint density at radius 2 is 2.00 bits per heavy atom. The van der Waals surface area contributed by atoms with Gasteiger partial charge in [-0.3, -0.25) is 9.79 Å². The molecule has 1 aliphatic heterocycles. The Labute approximate surface area is 111 Å². The molecule has 3 nitrogen and oxygen atoms in total. The van der Waals surface area contributed by atoms with Crippen LogP contribution in [0.25, 0.3) is 0 Å². The van der Waals surface area contributed by atoms with Crippen LogP contribution in [-0.4, -0.2) is 23.7 Å². The van der Waals surface area contributed by atoms with Crippen molar-refractivity contribution in [2.75, 3.05) is 0 Å². The molecule has 0 aromatic heterocycles. The lowest BCUT2D eigenvalue weighted by Gasteiger charge is -2.23. The molecule has 4 heteroatoms. The van der Waals surface area contributed by atoms with E-state index in [4.69, 9.17) is 0 Å². The summed E-state index contributed by atoms with van der Waals surface area (Å²) in [6.07, 6.45) is 5.02. The number of ketones is 1. The third kappa shape index (κ3) is 2.67. The largest absolute Gasteiger partial charge is 0.369 e. The number of rotatable bonds is 3. The normalized spacial score (nSPS) is 25.4. The fourth-order valence-electron chi connectivity index (χ4n) is 2.87. The van der Waals surface area contributed by atoms with Gasteiger partial charge in [0.1, 0.15) is 11.7 Å². The lowest BCUT2D eigenvalue weighted by Crippen LogP contribution is -2.37. The molecule has 2 atom stereocenters. The summed E-state index contributed by atoms with van der Waals surface area (Å²) in [6, 6.07) is 6.46. The Morgan fingerprint density at radius 3 is 2.74 bits per heavy atom. The van der Waals surface area contributed by atoms with E-state index in [0.717, 1.165) is 18.7 Å². The van der Waals surface area contributed by atoms with Gasteiger partial charge in [0.15, 0.2) is 5.78 Å². The average Bonchev–Trinajstić information content (AvgIpc) is 2.81. The number of nitrogens with zero attached hydrogens (tertiary/aromatic N) is 1. The van der Waals surface area contributed by atoms with Crippen molar-refractivity contribution in [2.45, 2.75) is 44.2 Å². The second-order valence-corrected chi connectivity index (χ2v) is 5.29. The van der Waals surface area contributed by atoms with Gasteiger partial charge in [0.2, 0.25) is 0 Å². The summed E-state index contributed by atoms with van der Waals surface area (Å²) in [5, 5.41) is 3.36. The number of carbonyl (C=O) groups excluding carboxylic acids is 1. The van der Waals surface area contributed by atoms with Gasteiger partial charge in [0.25, 0.3) is 0 Å². The zero-order chi connectivity index (χ0) is 13.2. The Morgan fingerprint density at radius 1 is 1.26 bits per heavy atom. The maximum absolute atomic E-state index is 12.8. The molecule has 1 aliphatic carbocycles. The highest BCUT2D eigenvalue weighted by Gasteiger charge is 2.31. The molecule has 100 valence electrons. The van der Waals surface area contributed by atoms with Crippen LogP contribution >= 0.6 is 0 Å². The van der Waals surface area contributed by atoms with Gasteiger partial charge in [-0.2, -0.15) is 0 Å². The van der Waals surface area contributed by atoms with E-state index >= 15 is 0 Å². The Balaban J connectivity index is 1.65. The molecule has 2 aliphatic rings. The molecule has 0 bridgehead atoms. The van der Waals surface area contributed by atoms with Crippen molar-refractivity contribution in [1.29, 1.82) is 0 Å². The average molecular weight is 260 g/mol. The number of fused-ring (bicyclic) bond motifs is 1. The number of amidine groups is 1. The maximum Gasteiger partial charge on any atom is 0.170 e. The fraction of sp³-hybridized carbons (Fsp3) is 0.467. The van der Waals surface area contributed by atoms with Crippen molar-refractivity contribution in [1.82, 2.24) is 5.32 Å². The van der Waals surface area contributed by atoms with E-state index in [1.54, 1.807) is 0 Å². The third-order valence-electron chi connectivity index (χ3n) is 3.90. The molecule has 1 aromatic rings. The molecule has 3 rings (SSSR count). The van der Waals surface area contributed by atoms with Crippen molar-refractivity contribution in [3.05, 3.63) is 35.6 Å². The number of halogens is 1. The number of Topliss-reactive ketones (excluding diaryl/α,β-unsaturated/α-hetero) is 1. The number of aliphatic imine (C=N–C) groups is 1. The van der Waals surface area contributed by atoms with E-state index in [-0.39, 0.29) is 11.6 Å². The Hall–Kier alpha value is -1.71. The number of nitrogens with one attached hydrogen (secondary N) is 1. The van der Waals surface area contributed by atoms with Crippen molar-refractivity contribution in [2.24, 2.45) is 4.99 Å². The van der Waals surface area contributed by atoms with Gasteiger partial charge in [-0.25, -0.2) is 4.39 Å². The van der Waals surface area contributed by atoms with E-state index in [1.165, 1.54) is 37.1 Å². The number of hydrogen-bond acceptors (Lipinski definition) is 3. The van der Waals surface area contributed by atoms with Crippen molar-refractivity contribution < 1.29 is 9.18 Å². The predicted molar refractivity (Wildman–Crippen MR) is 72.0 cm³/mol. The molecule has 0 radical (unpaired) electrons. The van der Waals surface area contributed by atoms with Crippen LogP contribution in [0.15, 0.2) is 29.3 Å². The highest BCUT2D eigenvalue weighted by atomic mass is 19.1. The molecule has 1 aromatic carbocycles. The minimum absolute atomic E-state index is 0.00935. The summed E-state index contributed by atoms with van der Waals surface area (Å²) >= 11 is 0. The maximum atomic E-state index is 12.8. The highest BCUT2D eigenvalue weighted by Crippen LogP contribution is 2.25. The van der Waals surface area contributed by atoms with Crippen LogP contribution in [0.4, 0.5) is 4.39 Å². The zero-order valence-corrected chi connectivity index (χ0v) is 10.7. The van der Waals surface area contributed by atoms with E-state index in [1.807, 2.05) is 0 Å². The van der Waals surface area contributed by atoms with Gasteiger partial charge in [0.05, 0.1) is 12.5 Å². The Kier molecular flexibility index (Phi) is 3.32. The fourth-order valence-corrected chi connectivity index (χ4v) is 2.87. The third-order valence-corrected chi connectivity index (χ3v) is 3.90. The van der Waals surface area contributed by atoms with Gasteiger partial charge in [0, 0.05) is 11.6 Å². The minimum atomic E-state index is -0.320. The van der Waals surface area contributed by atoms with E-state index in [2.05, 4.69) is 10.3 Å². The predicted octanol–water partition coefficient (Wildman–Crippen LogP) is 2.71. The van der Waals surface area contributed by atoms with Gasteiger partial charge >= 0.3 is 0 Å². The minimum Gasteiger partial charge on any atom is -0.369 e. The molecular weight excluding hydrogens is 243 g/mol. The first-order valence-corrected chi connectivity index (χ1v) is 6.84. The van der Waals surface area contributed by atoms with Gasteiger partial charge in [-0.15, -0.1) is 0 Å². The molecule has 1 fully saturated rings. The quantitative estimate of drug-likeness (QED) is 0.849. The summed E-state index contributed by atoms with van der Waals surface area (Å²) in [7, 11) is 0. The first kappa shape index (κ1) is 12.3. The lowest BCUT2D eigenvalue weighted by molar-refractivity contribution is 0.1000. The lowest BCUT2D eigenvalue weighted by atomic mass is 9.92. The molecule has 1 heterocycles. The summed E-state index contributed by atoms with van der Waals surface area (Å²) in [6.45, 7) is 0. The van der Waals surface area contributed by atoms with Crippen molar-refractivity contribution >= 4 is 11.6 Å². The molecule has 0 spiro atoms. The molecule has 19 heavy (non-hydrogen) atoms. The number of hydrogen-bond donors (Lipinski definition) is 1. The second kappa shape index (κ2) is 5.11. The van der Waals surface area contributed by atoms with Gasteiger partial charge in [-0.1, -0.05) is 12.8 Å². The summed E-state index contributed by atoms with van der Waals surface area (Å²) in [4.78, 5) is 16.7. The van der Waals surface area contributed by atoms with Crippen molar-refractivity contribution in [3.8, 4) is 0 Å². The van der Waals surface area contributed by atoms with Gasteiger partial charge < -0.3 is 5.32 Å². The smallest absolute Gasteiger partial charge is 0.170 e. The SMILES string of the molecule is O=C(CC1=N[C@H]2CCCC[C@@H]2N1)c1ccc(F)cc1. The van der Waals surface area contributed by atoms with Crippen LogP contribution in [0.5, 0.6) is 0 Å². The molecule has 0 amide bonds. The van der Waals surface area contributed by atoms with Crippen LogP contribution in [0, 0.1) is 5.82 Å². The highest BCUT2D eigenvalue weighted by molar-refractivity contribution is 6.09. The molecule has 1 N–H and O–H groups in total. The van der Waals surface area contributed by atoms with Gasteiger partial charge in [-0.05, 0) is 37.1 Å². The van der Waals surface area contributed by atoms with Crippen LogP contribution in [0.2, 0.25) is 0 Å². The molecular formula is C15H17FN2O. The monoisotopic (exact) mass is 260 g/mol. The molecule has 0 unspecified atom stereocenters. The number of benzene rings is 1. The Bertz CT molecular complexity index is 509. The number of carbonyl (C=O) groups is 1.